The zero-order chi connectivity index (χ0) is 12.3. The number of benzene rings is 1. The molecule has 0 aliphatic rings. The largest absolute Gasteiger partial charge is 0.488 e. The smallest absolute Gasteiger partial charge is 0.262 e. The lowest BCUT2D eigenvalue weighted by molar-refractivity contribution is 0.363. The number of halogens is 3. The number of rotatable bonds is 4. The van der Waals surface area contributed by atoms with E-state index in [2.05, 4.69) is 6.58 Å². The van der Waals surface area contributed by atoms with Gasteiger partial charge in [0.1, 0.15) is 17.3 Å². The SMILES string of the molecule is C=CCOc1cc(Cl)c(S(=O)(=O)Cl)cc1Cl. The minimum atomic E-state index is -3.91. The van der Waals surface area contributed by atoms with Gasteiger partial charge in [0.2, 0.25) is 0 Å². The molecular formula is C9H7Cl3O3S. The van der Waals surface area contributed by atoms with Gasteiger partial charge in [-0.1, -0.05) is 35.9 Å². The van der Waals surface area contributed by atoms with Crippen molar-refractivity contribution in [2.45, 2.75) is 4.90 Å². The van der Waals surface area contributed by atoms with E-state index < -0.39 is 9.05 Å². The molecule has 0 aliphatic carbocycles. The second-order valence-corrected chi connectivity index (χ2v) is 6.10. The van der Waals surface area contributed by atoms with E-state index in [1.54, 1.807) is 0 Å². The molecule has 0 amide bonds. The fraction of sp³-hybridized carbons (Fsp3) is 0.111. The summed E-state index contributed by atoms with van der Waals surface area (Å²) < 4.78 is 27.4. The van der Waals surface area contributed by atoms with Gasteiger partial charge in [-0.3, -0.25) is 0 Å². The molecule has 0 aromatic heterocycles. The number of hydrogen-bond acceptors (Lipinski definition) is 3. The van der Waals surface area contributed by atoms with Gasteiger partial charge in [-0.25, -0.2) is 8.42 Å². The predicted octanol–water partition coefficient (Wildman–Crippen LogP) is 3.49. The van der Waals surface area contributed by atoms with E-state index >= 15 is 0 Å². The Balaban J connectivity index is 3.22. The third-order valence-electron chi connectivity index (χ3n) is 1.61. The van der Waals surface area contributed by atoms with Crippen LogP contribution in [-0.4, -0.2) is 15.0 Å². The van der Waals surface area contributed by atoms with Crippen LogP contribution in [0, 0.1) is 0 Å². The maximum Gasteiger partial charge on any atom is 0.262 e. The summed E-state index contributed by atoms with van der Waals surface area (Å²) in [6.45, 7) is 3.71. The molecular weight excluding hydrogens is 295 g/mol. The van der Waals surface area contributed by atoms with Crippen molar-refractivity contribution in [1.82, 2.24) is 0 Å². The monoisotopic (exact) mass is 300 g/mol. The van der Waals surface area contributed by atoms with E-state index in [4.69, 9.17) is 38.6 Å². The molecule has 0 bridgehead atoms. The van der Waals surface area contributed by atoms with Gasteiger partial charge in [0.25, 0.3) is 9.05 Å². The van der Waals surface area contributed by atoms with E-state index in [-0.39, 0.29) is 27.3 Å². The Morgan fingerprint density at radius 3 is 2.44 bits per heavy atom. The van der Waals surface area contributed by atoms with Crippen molar-refractivity contribution in [2.75, 3.05) is 6.61 Å². The molecule has 0 radical (unpaired) electrons. The van der Waals surface area contributed by atoms with Gasteiger partial charge in [0, 0.05) is 16.7 Å². The summed E-state index contributed by atoms with van der Waals surface area (Å²) in [5, 5.41) is 0.0731. The molecule has 7 heteroatoms. The molecule has 0 unspecified atom stereocenters. The minimum Gasteiger partial charge on any atom is -0.488 e. The van der Waals surface area contributed by atoms with Crippen molar-refractivity contribution in [3.8, 4) is 5.75 Å². The lowest BCUT2D eigenvalue weighted by Crippen LogP contribution is -1.97. The Bertz CT molecular complexity index is 511. The fourth-order valence-corrected chi connectivity index (χ4v) is 2.75. The zero-order valence-corrected chi connectivity index (χ0v) is 11.0. The van der Waals surface area contributed by atoms with Gasteiger partial charge in [0.15, 0.2) is 0 Å². The standard InChI is InChI=1S/C9H7Cl3O3S/c1-2-3-15-8-4-7(11)9(5-6(8)10)16(12,13)14/h2,4-5H,1,3H2. The molecule has 0 aliphatic heterocycles. The van der Waals surface area contributed by atoms with E-state index in [0.29, 0.717) is 0 Å². The van der Waals surface area contributed by atoms with Crippen molar-refractivity contribution in [3.63, 3.8) is 0 Å². The van der Waals surface area contributed by atoms with E-state index in [0.717, 1.165) is 6.07 Å². The molecule has 0 heterocycles. The highest BCUT2D eigenvalue weighted by Gasteiger charge is 2.18. The van der Waals surface area contributed by atoms with E-state index in [1.807, 2.05) is 0 Å². The molecule has 0 fully saturated rings. The molecule has 88 valence electrons. The van der Waals surface area contributed by atoms with Crippen LogP contribution in [0.2, 0.25) is 10.0 Å². The predicted molar refractivity (Wildman–Crippen MR) is 65.2 cm³/mol. The van der Waals surface area contributed by atoms with Crippen LogP contribution in [0.25, 0.3) is 0 Å². The van der Waals surface area contributed by atoms with Crippen molar-refractivity contribution < 1.29 is 13.2 Å². The summed E-state index contributed by atoms with van der Waals surface area (Å²) in [5.74, 6) is 0.274. The molecule has 16 heavy (non-hydrogen) atoms. The Kier molecular flexibility index (Phi) is 4.50. The quantitative estimate of drug-likeness (QED) is 0.631. The van der Waals surface area contributed by atoms with Crippen molar-refractivity contribution in [1.29, 1.82) is 0 Å². The van der Waals surface area contributed by atoms with Gasteiger partial charge in [-0.05, 0) is 6.07 Å². The van der Waals surface area contributed by atoms with E-state index in [9.17, 15) is 8.42 Å². The third-order valence-corrected chi connectivity index (χ3v) is 3.69. The van der Waals surface area contributed by atoms with Gasteiger partial charge in [0.05, 0.1) is 10.0 Å². The first kappa shape index (κ1) is 13.6. The topological polar surface area (TPSA) is 43.4 Å². The fourth-order valence-electron chi connectivity index (χ4n) is 0.957. The lowest BCUT2D eigenvalue weighted by Gasteiger charge is -2.08. The average Bonchev–Trinajstić information content (AvgIpc) is 2.17. The first-order chi connectivity index (χ1) is 7.36. The van der Waals surface area contributed by atoms with Crippen LogP contribution in [0.15, 0.2) is 29.7 Å². The van der Waals surface area contributed by atoms with Crippen LogP contribution in [0.4, 0.5) is 0 Å². The highest BCUT2D eigenvalue weighted by atomic mass is 35.7. The molecule has 0 spiro atoms. The first-order valence-electron chi connectivity index (χ1n) is 4.03. The Labute approximate surface area is 108 Å². The summed E-state index contributed by atoms with van der Waals surface area (Å²) in [6, 6.07) is 2.44. The summed E-state index contributed by atoms with van der Waals surface area (Å²) in [4.78, 5) is -0.244. The molecule has 0 saturated carbocycles. The van der Waals surface area contributed by atoms with Crippen molar-refractivity contribution >= 4 is 42.9 Å². The van der Waals surface area contributed by atoms with Gasteiger partial charge < -0.3 is 4.74 Å². The zero-order valence-electron chi connectivity index (χ0n) is 7.91. The molecule has 1 aromatic carbocycles. The Morgan fingerprint density at radius 2 is 1.94 bits per heavy atom. The summed E-state index contributed by atoms with van der Waals surface area (Å²) >= 11 is 11.5. The van der Waals surface area contributed by atoms with Crippen LogP contribution in [0.5, 0.6) is 5.75 Å². The number of ether oxygens (including phenoxy) is 1. The van der Waals surface area contributed by atoms with Crippen LogP contribution < -0.4 is 4.74 Å². The van der Waals surface area contributed by atoms with Crippen LogP contribution in [-0.2, 0) is 9.05 Å². The number of hydrogen-bond donors (Lipinski definition) is 0. The van der Waals surface area contributed by atoms with Crippen LogP contribution in [0.3, 0.4) is 0 Å². The summed E-state index contributed by atoms with van der Waals surface area (Å²) in [6.07, 6.45) is 1.52. The highest BCUT2D eigenvalue weighted by molar-refractivity contribution is 8.13. The second kappa shape index (κ2) is 5.27. The molecule has 0 saturated heterocycles. The van der Waals surface area contributed by atoms with Crippen LogP contribution in [0.1, 0.15) is 0 Å². The molecule has 1 rings (SSSR count). The highest BCUT2D eigenvalue weighted by Crippen LogP contribution is 2.34. The molecule has 0 N–H and O–H groups in total. The van der Waals surface area contributed by atoms with E-state index in [1.165, 1.54) is 12.1 Å². The normalized spacial score (nSPS) is 11.2. The molecule has 0 atom stereocenters. The lowest BCUT2D eigenvalue weighted by atomic mass is 10.3. The summed E-state index contributed by atoms with van der Waals surface area (Å²) in [7, 11) is 1.25. The van der Waals surface area contributed by atoms with Crippen molar-refractivity contribution in [2.24, 2.45) is 0 Å². The summed E-state index contributed by atoms with van der Waals surface area (Å²) in [5.41, 5.74) is 0. The van der Waals surface area contributed by atoms with Gasteiger partial charge in [-0.15, -0.1) is 0 Å². The first-order valence-corrected chi connectivity index (χ1v) is 7.10. The minimum absolute atomic E-state index is 0.0431. The third kappa shape index (κ3) is 3.28. The van der Waals surface area contributed by atoms with Gasteiger partial charge in [-0.2, -0.15) is 0 Å². The van der Waals surface area contributed by atoms with Crippen molar-refractivity contribution in [3.05, 3.63) is 34.8 Å². The van der Waals surface area contributed by atoms with Gasteiger partial charge >= 0.3 is 0 Å². The Morgan fingerprint density at radius 1 is 1.31 bits per heavy atom. The molecule has 1 aromatic rings. The Hall–Kier alpha value is -0.420. The second-order valence-electron chi connectivity index (χ2n) is 2.75. The van der Waals surface area contributed by atoms with Crippen LogP contribution >= 0.6 is 33.9 Å². The maximum atomic E-state index is 11.1. The molecule has 3 nitrogen and oxygen atoms in total. The average molecular weight is 302 g/mol. The maximum absolute atomic E-state index is 11.1.